The third-order valence-electron chi connectivity index (χ3n) is 5.13. The van der Waals surface area contributed by atoms with E-state index < -0.39 is 5.82 Å². The quantitative estimate of drug-likeness (QED) is 0.825. The lowest BCUT2D eigenvalue weighted by Crippen LogP contribution is -2.43. The average Bonchev–Trinajstić information content (AvgIpc) is 3.25. The molecule has 1 aromatic heterocycles. The molecule has 2 aliphatic heterocycles. The number of rotatable bonds is 4. The molecule has 142 valence electrons. The first-order chi connectivity index (χ1) is 13.2. The van der Waals surface area contributed by atoms with E-state index in [-0.39, 0.29) is 23.7 Å². The predicted octanol–water partition coefficient (Wildman–Crippen LogP) is 3.29. The zero-order valence-electron chi connectivity index (χ0n) is 15.0. The van der Waals surface area contributed by atoms with Gasteiger partial charge in [0.25, 0.3) is 5.91 Å². The van der Waals surface area contributed by atoms with Crippen molar-refractivity contribution in [1.29, 1.82) is 0 Å². The average molecular weight is 371 g/mol. The van der Waals surface area contributed by atoms with Crippen molar-refractivity contribution in [2.24, 2.45) is 0 Å². The first-order valence-corrected chi connectivity index (χ1v) is 9.36. The van der Waals surface area contributed by atoms with Crippen LogP contribution in [-0.4, -0.2) is 46.6 Å². The number of amides is 1. The molecular weight excluding hydrogens is 349 g/mol. The van der Waals surface area contributed by atoms with E-state index in [0.29, 0.717) is 31.3 Å². The van der Waals surface area contributed by atoms with Gasteiger partial charge >= 0.3 is 0 Å². The molecule has 0 spiro atoms. The Labute approximate surface area is 157 Å². The number of aromatic nitrogens is 2. The molecule has 0 bridgehead atoms. The summed E-state index contributed by atoms with van der Waals surface area (Å²) in [5.74, 6) is 0.227. The van der Waals surface area contributed by atoms with Crippen molar-refractivity contribution in [1.82, 2.24) is 14.9 Å². The number of carbonyl (C=O) groups is 1. The Kier molecular flexibility index (Phi) is 5.29. The van der Waals surface area contributed by atoms with Gasteiger partial charge in [0, 0.05) is 38.0 Å². The van der Waals surface area contributed by atoms with E-state index in [4.69, 9.17) is 9.47 Å². The highest BCUT2D eigenvalue weighted by Gasteiger charge is 2.32. The fourth-order valence-corrected chi connectivity index (χ4v) is 3.68. The summed E-state index contributed by atoms with van der Waals surface area (Å²) in [4.78, 5) is 23.1. The number of hydrogen-bond donors (Lipinski definition) is 0. The molecule has 2 fully saturated rings. The molecule has 0 N–H and O–H groups in total. The van der Waals surface area contributed by atoms with Gasteiger partial charge in [-0.2, -0.15) is 0 Å². The van der Waals surface area contributed by atoms with Crippen LogP contribution in [0.15, 0.2) is 36.7 Å². The van der Waals surface area contributed by atoms with Gasteiger partial charge in [0.05, 0.1) is 0 Å². The lowest BCUT2D eigenvalue weighted by Gasteiger charge is -2.33. The van der Waals surface area contributed by atoms with Crippen LogP contribution in [0.4, 0.5) is 4.39 Å². The Hall–Kier alpha value is -2.54. The number of halogens is 1. The van der Waals surface area contributed by atoms with Crippen molar-refractivity contribution in [2.75, 3.05) is 19.7 Å². The maximum absolute atomic E-state index is 13.9. The fraction of sp³-hybridized carbons (Fsp3) is 0.450. The summed E-state index contributed by atoms with van der Waals surface area (Å²) in [5, 5.41) is 0. The lowest BCUT2D eigenvalue weighted by molar-refractivity contribution is -0.142. The molecule has 2 aliphatic rings. The number of benzene rings is 1. The molecule has 0 aliphatic carbocycles. The van der Waals surface area contributed by atoms with Crippen LogP contribution >= 0.6 is 0 Å². The Morgan fingerprint density at radius 3 is 2.67 bits per heavy atom. The maximum Gasteiger partial charge on any atom is 0.251 e. The van der Waals surface area contributed by atoms with E-state index in [1.165, 1.54) is 12.3 Å². The third kappa shape index (κ3) is 3.93. The lowest BCUT2D eigenvalue weighted by atomic mass is 9.93. The van der Waals surface area contributed by atoms with Crippen LogP contribution in [0.2, 0.25) is 0 Å². The monoisotopic (exact) mass is 371 g/mol. The molecular formula is C20H22FN3O3. The van der Waals surface area contributed by atoms with Gasteiger partial charge in [0.2, 0.25) is 5.88 Å². The minimum Gasteiger partial charge on any atom is -0.434 e. The number of hydrogen-bond acceptors (Lipinski definition) is 5. The summed E-state index contributed by atoms with van der Waals surface area (Å²) in [7, 11) is 0. The van der Waals surface area contributed by atoms with Crippen molar-refractivity contribution in [3.05, 3.63) is 48.2 Å². The van der Waals surface area contributed by atoms with Gasteiger partial charge in [-0.05, 0) is 37.8 Å². The number of ether oxygens (including phenoxy) is 2. The standard InChI is InChI=1S/C20H22FN3O3/c21-15-4-1-2-5-16(15)27-19-18(22-9-10-23-19)14-7-11-24(12-8-14)20(25)17-6-3-13-26-17/h1-2,4-5,9-10,14,17H,3,6-8,11-13H2/t17-/m0/s1. The van der Waals surface area contributed by atoms with Crippen molar-refractivity contribution in [3.63, 3.8) is 0 Å². The zero-order chi connectivity index (χ0) is 18.6. The van der Waals surface area contributed by atoms with Crippen molar-refractivity contribution in [3.8, 4) is 11.6 Å². The molecule has 3 heterocycles. The number of likely N-dealkylation sites (tertiary alicyclic amines) is 1. The minimum atomic E-state index is -0.439. The second kappa shape index (κ2) is 8.00. The van der Waals surface area contributed by atoms with Gasteiger partial charge in [0.1, 0.15) is 11.8 Å². The van der Waals surface area contributed by atoms with Gasteiger partial charge in [-0.1, -0.05) is 12.1 Å². The van der Waals surface area contributed by atoms with Crippen LogP contribution in [0.5, 0.6) is 11.6 Å². The van der Waals surface area contributed by atoms with E-state index >= 15 is 0 Å². The summed E-state index contributed by atoms with van der Waals surface area (Å²) >= 11 is 0. The first-order valence-electron chi connectivity index (χ1n) is 9.36. The smallest absolute Gasteiger partial charge is 0.251 e. The molecule has 4 rings (SSSR count). The zero-order valence-corrected chi connectivity index (χ0v) is 15.0. The number of para-hydroxylation sites is 1. The topological polar surface area (TPSA) is 64.5 Å². The van der Waals surface area contributed by atoms with Crippen molar-refractivity contribution in [2.45, 2.75) is 37.7 Å². The second-order valence-electron chi connectivity index (χ2n) is 6.88. The van der Waals surface area contributed by atoms with Gasteiger partial charge < -0.3 is 14.4 Å². The van der Waals surface area contributed by atoms with E-state index in [2.05, 4.69) is 9.97 Å². The first kappa shape index (κ1) is 17.9. The van der Waals surface area contributed by atoms with E-state index in [1.54, 1.807) is 24.4 Å². The molecule has 1 aromatic carbocycles. The largest absolute Gasteiger partial charge is 0.434 e. The predicted molar refractivity (Wildman–Crippen MR) is 96.0 cm³/mol. The number of carbonyl (C=O) groups excluding carboxylic acids is 1. The summed E-state index contributed by atoms with van der Waals surface area (Å²) < 4.78 is 25.1. The molecule has 0 unspecified atom stereocenters. The molecule has 1 atom stereocenters. The van der Waals surface area contributed by atoms with Crippen LogP contribution in [-0.2, 0) is 9.53 Å². The second-order valence-corrected chi connectivity index (χ2v) is 6.88. The van der Waals surface area contributed by atoms with Crippen LogP contribution < -0.4 is 4.74 Å². The Balaban J connectivity index is 1.44. The van der Waals surface area contributed by atoms with E-state index in [1.807, 2.05) is 4.90 Å². The minimum absolute atomic E-state index is 0.0907. The Morgan fingerprint density at radius 2 is 1.93 bits per heavy atom. The molecule has 6 nitrogen and oxygen atoms in total. The summed E-state index contributed by atoms with van der Waals surface area (Å²) in [6.45, 7) is 1.97. The van der Waals surface area contributed by atoms with Crippen molar-refractivity contribution >= 4 is 5.91 Å². The summed E-state index contributed by atoms with van der Waals surface area (Å²) in [6, 6.07) is 6.24. The maximum atomic E-state index is 13.9. The molecule has 1 amide bonds. The molecule has 2 saturated heterocycles. The van der Waals surface area contributed by atoms with Crippen LogP contribution in [0.1, 0.15) is 37.3 Å². The molecule has 2 aromatic rings. The molecule has 0 saturated carbocycles. The summed E-state index contributed by atoms with van der Waals surface area (Å²) in [5.41, 5.74) is 0.713. The third-order valence-corrected chi connectivity index (χ3v) is 5.13. The highest BCUT2D eigenvalue weighted by molar-refractivity contribution is 5.81. The van der Waals surface area contributed by atoms with E-state index in [9.17, 15) is 9.18 Å². The number of piperidine rings is 1. The van der Waals surface area contributed by atoms with Gasteiger partial charge in [0.15, 0.2) is 11.6 Å². The SMILES string of the molecule is O=C([C@@H]1CCCO1)N1CCC(c2nccnc2Oc2ccccc2F)CC1. The fourth-order valence-electron chi connectivity index (χ4n) is 3.68. The summed E-state index contributed by atoms with van der Waals surface area (Å²) in [6.07, 6.45) is 6.17. The van der Waals surface area contributed by atoms with Gasteiger partial charge in [-0.3, -0.25) is 9.78 Å². The molecule has 0 radical (unpaired) electrons. The normalized spacial score (nSPS) is 20.6. The van der Waals surface area contributed by atoms with Crippen LogP contribution in [0.25, 0.3) is 0 Å². The van der Waals surface area contributed by atoms with Crippen molar-refractivity contribution < 1.29 is 18.7 Å². The highest BCUT2D eigenvalue weighted by Crippen LogP contribution is 2.34. The van der Waals surface area contributed by atoms with Gasteiger partial charge in [-0.25, -0.2) is 9.37 Å². The Morgan fingerprint density at radius 1 is 1.15 bits per heavy atom. The Bertz CT molecular complexity index is 803. The molecule has 7 heteroatoms. The van der Waals surface area contributed by atoms with Gasteiger partial charge in [-0.15, -0.1) is 0 Å². The van der Waals surface area contributed by atoms with Crippen LogP contribution in [0, 0.1) is 5.82 Å². The van der Waals surface area contributed by atoms with Crippen LogP contribution in [0.3, 0.4) is 0 Å². The van der Waals surface area contributed by atoms with E-state index in [0.717, 1.165) is 25.7 Å². The number of nitrogens with zero attached hydrogens (tertiary/aromatic N) is 3. The highest BCUT2D eigenvalue weighted by atomic mass is 19.1. The molecule has 27 heavy (non-hydrogen) atoms.